The molecule has 4 aromatic carbocycles. The highest BCUT2D eigenvalue weighted by Gasteiger charge is 2.23. The molecule has 0 spiro atoms. The van der Waals surface area contributed by atoms with Gasteiger partial charge < -0.3 is 18.9 Å². The smallest absolute Gasteiger partial charge is 0.349 e. The molecule has 2 atom stereocenters. The number of benzene rings is 4. The van der Waals surface area contributed by atoms with Crippen molar-refractivity contribution in [3.63, 3.8) is 0 Å². The summed E-state index contributed by atoms with van der Waals surface area (Å²) in [6.07, 6.45) is 0.981. The molecule has 4 rings (SSSR count). The van der Waals surface area contributed by atoms with Crippen molar-refractivity contribution in [2.75, 3.05) is 26.4 Å². The van der Waals surface area contributed by atoms with Crippen LogP contribution in [-0.4, -0.2) is 50.3 Å². The highest BCUT2D eigenvalue weighted by atomic mass is 16.6. The fourth-order valence-electron chi connectivity index (χ4n) is 5.57. The monoisotopic (exact) mass is 752 g/mol. The Morgan fingerprint density at radius 1 is 0.464 bits per heavy atom. The van der Waals surface area contributed by atoms with Gasteiger partial charge in [-0.1, -0.05) is 135 Å². The largest absolute Gasteiger partial charge is 0.465 e. The Morgan fingerprint density at radius 2 is 0.732 bits per heavy atom. The highest BCUT2D eigenvalue weighted by Crippen LogP contribution is 2.29. The van der Waals surface area contributed by atoms with Gasteiger partial charge in [-0.2, -0.15) is 10.5 Å². The maximum absolute atomic E-state index is 13.0. The van der Waals surface area contributed by atoms with Gasteiger partial charge in [-0.05, 0) is 35.1 Å². The van der Waals surface area contributed by atoms with Crippen LogP contribution in [0.25, 0.3) is 11.1 Å². The van der Waals surface area contributed by atoms with Crippen LogP contribution >= 0.6 is 0 Å². The van der Waals surface area contributed by atoms with E-state index in [0.29, 0.717) is 46.2 Å². The van der Waals surface area contributed by atoms with Gasteiger partial charge in [0, 0.05) is 35.8 Å². The number of carbonyl (C=O) groups is 4. The topological polar surface area (TPSA) is 153 Å². The number of rotatable bonds is 19. The summed E-state index contributed by atoms with van der Waals surface area (Å²) in [6.45, 7) is 3.42. The third-order valence-corrected chi connectivity index (χ3v) is 8.45. The van der Waals surface area contributed by atoms with Crippen molar-refractivity contribution in [1.29, 1.82) is 10.5 Å². The molecule has 0 saturated heterocycles. The summed E-state index contributed by atoms with van der Waals surface area (Å²) in [7, 11) is 0. The summed E-state index contributed by atoms with van der Waals surface area (Å²) in [4.78, 5) is 50.8. The lowest BCUT2D eigenvalue weighted by Crippen LogP contribution is -2.20. The average Bonchev–Trinajstić information content (AvgIpc) is 3.24. The van der Waals surface area contributed by atoms with Crippen LogP contribution in [0.1, 0.15) is 61.8 Å². The number of unbranched alkanes of at least 4 members (excludes halogenated alkanes) is 1. The van der Waals surface area contributed by atoms with Gasteiger partial charge in [-0.15, -0.1) is 0 Å². The van der Waals surface area contributed by atoms with Gasteiger partial charge in [0.05, 0.1) is 26.4 Å². The lowest BCUT2D eigenvalue weighted by Gasteiger charge is -2.15. The molecular weight excluding hydrogens is 709 g/mol. The van der Waals surface area contributed by atoms with Crippen LogP contribution in [0.5, 0.6) is 0 Å². The zero-order valence-corrected chi connectivity index (χ0v) is 31.5. The lowest BCUT2D eigenvalue weighted by atomic mass is 9.93. The van der Waals surface area contributed by atoms with E-state index in [2.05, 4.69) is 0 Å². The Labute approximate surface area is 327 Å². The first-order valence-electron chi connectivity index (χ1n) is 18.4. The van der Waals surface area contributed by atoms with Gasteiger partial charge >= 0.3 is 23.9 Å². The maximum Gasteiger partial charge on any atom is 0.349 e. The van der Waals surface area contributed by atoms with E-state index < -0.39 is 23.9 Å². The molecular formula is C46H44N2O8. The molecule has 286 valence electrons. The van der Waals surface area contributed by atoms with Crippen LogP contribution in [0, 0.1) is 34.5 Å². The molecule has 0 N–H and O–H groups in total. The summed E-state index contributed by atoms with van der Waals surface area (Å²) in [5.74, 6) is -3.09. The molecule has 0 fully saturated rings. The van der Waals surface area contributed by atoms with Crippen LogP contribution in [0.4, 0.5) is 0 Å². The predicted octanol–water partition coefficient (Wildman–Crippen LogP) is 8.04. The minimum atomic E-state index is -0.766. The van der Waals surface area contributed by atoms with Crippen LogP contribution in [0.3, 0.4) is 0 Å². The first kappa shape index (κ1) is 42.0. The molecule has 0 bridgehead atoms. The number of hydrogen-bond donors (Lipinski definition) is 0. The number of esters is 4. The van der Waals surface area contributed by atoms with E-state index >= 15 is 0 Å². The van der Waals surface area contributed by atoms with Gasteiger partial charge in [-0.25, -0.2) is 9.59 Å². The normalized spacial score (nSPS) is 11.4. The maximum atomic E-state index is 13.0. The van der Waals surface area contributed by atoms with Crippen molar-refractivity contribution in [2.24, 2.45) is 11.8 Å². The van der Waals surface area contributed by atoms with Gasteiger partial charge in [-0.3, -0.25) is 9.59 Å². The molecule has 0 heterocycles. The van der Waals surface area contributed by atoms with Crippen LogP contribution < -0.4 is 0 Å². The van der Waals surface area contributed by atoms with E-state index in [4.69, 9.17) is 18.9 Å². The minimum absolute atomic E-state index is 0.0118. The second kappa shape index (κ2) is 22.4. The van der Waals surface area contributed by atoms with Crippen LogP contribution in [-0.2, 0) is 38.1 Å². The Morgan fingerprint density at radius 3 is 1.00 bits per heavy atom. The molecule has 10 heteroatoms. The van der Waals surface area contributed by atoms with E-state index in [1.807, 2.05) is 133 Å². The van der Waals surface area contributed by atoms with Crippen LogP contribution in [0.2, 0.25) is 0 Å². The van der Waals surface area contributed by atoms with Gasteiger partial charge in [0.25, 0.3) is 0 Å². The van der Waals surface area contributed by atoms with E-state index in [-0.39, 0.29) is 62.3 Å². The quantitative estimate of drug-likeness (QED) is 0.0302. The van der Waals surface area contributed by atoms with Crippen molar-refractivity contribution in [2.45, 2.75) is 39.5 Å². The molecule has 10 nitrogen and oxygen atoms in total. The fourth-order valence-corrected chi connectivity index (χ4v) is 5.57. The molecule has 0 radical (unpaired) electrons. The van der Waals surface area contributed by atoms with Crippen molar-refractivity contribution in [1.82, 2.24) is 0 Å². The van der Waals surface area contributed by atoms with E-state index in [1.54, 1.807) is 13.8 Å². The van der Waals surface area contributed by atoms with Gasteiger partial charge in [0.2, 0.25) is 0 Å². The Balaban J connectivity index is 1.14. The Hall–Kier alpha value is -6.78. The standard InChI is InChI=1S/C46H44N2O8/c1-33(31-55-45(51)39(27-47)43(35-17-7-3-8-18-35)36-19-9-4-10-20-36)29-53-41(49)25-15-16-26-42(50)54-30-34(2)32-56-46(52)40(28-48)44(37-21-11-5-12-22-37)38-23-13-6-14-24-38/h3-14,17-24,33-34H,15-16,25-26,29-32H2,1-2H3. The molecule has 0 aliphatic carbocycles. The molecule has 0 saturated carbocycles. The third-order valence-electron chi connectivity index (χ3n) is 8.45. The first-order chi connectivity index (χ1) is 27.2. The lowest BCUT2D eigenvalue weighted by molar-refractivity contribution is -0.149. The number of carbonyl (C=O) groups excluding carboxylic acids is 4. The van der Waals surface area contributed by atoms with E-state index in [1.165, 1.54) is 0 Å². The van der Waals surface area contributed by atoms with E-state index in [0.717, 1.165) is 0 Å². The Bertz CT molecular complexity index is 1830. The van der Waals surface area contributed by atoms with Gasteiger partial charge in [0.15, 0.2) is 0 Å². The third kappa shape index (κ3) is 13.0. The number of ether oxygens (including phenoxy) is 4. The summed E-state index contributed by atoms with van der Waals surface area (Å²) in [5.41, 5.74) is 3.51. The SMILES string of the molecule is CC(COC(=O)CCCCC(=O)OCC(C)COC(=O)C(C#N)=C(c1ccccc1)c1ccccc1)COC(=O)C(C#N)=C(c1ccccc1)c1ccccc1. The number of nitriles is 2. The zero-order valence-electron chi connectivity index (χ0n) is 31.5. The Kier molecular flexibility index (Phi) is 16.8. The summed E-state index contributed by atoms with van der Waals surface area (Å²) < 4.78 is 21.6. The molecule has 0 aliphatic heterocycles. The fraction of sp³-hybridized carbons (Fsp3) is 0.261. The van der Waals surface area contributed by atoms with Crippen molar-refractivity contribution < 1.29 is 38.1 Å². The molecule has 0 aromatic heterocycles. The molecule has 0 aliphatic rings. The number of hydrogen-bond acceptors (Lipinski definition) is 10. The molecule has 4 aromatic rings. The summed E-state index contributed by atoms with van der Waals surface area (Å²) in [5, 5.41) is 19.9. The molecule has 56 heavy (non-hydrogen) atoms. The number of nitrogens with zero attached hydrogens (tertiary/aromatic N) is 2. The second-order valence-corrected chi connectivity index (χ2v) is 13.2. The molecule has 0 amide bonds. The minimum Gasteiger partial charge on any atom is -0.465 e. The van der Waals surface area contributed by atoms with E-state index in [9.17, 15) is 29.7 Å². The van der Waals surface area contributed by atoms with Crippen molar-refractivity contribution >= 4 is 35.0 Å². The van der Waals surface area contributed by atoms with Crippen molar-refractivity contribution in [3.8, 4) is 12.1 Å². The summed E-state index contributed by atoms with van der Waals surface area (Å²) >= 11 is 0. The van der Waals surface area contributed by atoms with Crippen molar-refractivity contribution in [3.05, 3.63) is 155 Å². The highest BCUT2D eigenvalue weighted by molar-refractivity contribution is 6.06. The summed E-state index contributed by atoms with van der Waals surface area (Å²) in [6, 6.07) is 40.6. The predicted molar refractivity (Wildman–Crippen MR) is 210 cm³/mol. The first-order valence-corrected chi connectivity index (χ1v) is 18.4. The average molecular weight is 753 g/mol. The second-order valence-electron chi connectivity index (χ2n) is 13.2. The molecule has 2 unspecified atom stereocenters. The zero-order chi connectivity index (χ0) is 40.1. The van der Waals surface area contributed by atoms with Gasteiger partial charge in [0.1, 0.15) is 23.3 Å². The van der Waals surface area contributed by atoms with Crippen LogP contribution in [0.15, 0.2) is 132 Å².